The number of benzene rings is 1. The van der Waals surface area contributed by atoms with Gasteiger partial charge >= 0.3 is 0 Å². The number of nitrogens with one attached hydrogen (secondary N) is 1. The third kappa shape index (κ3) is 5.89. The molecule has 1 unspecified atom stereocenters. The van der Waals surface area contributed by atoms with E-state index in [9.17, 15) is 4.79 Å². The fourth-order valence-electron chi connectivity index (χ4n) is 1.51. The maximum Gasteiger partial charge on any atom is 0.230 e. The van der Waals surface area contributed by atoms with E-state index in [4.69, 9.17) is 5.11 Å². The minimum Gasteiger partial charge on any atom is -0.396 e. The number of aliphatic hydroxyl groups is 1. The number of hydrogen-bond donors (Lipinski definition) is 2. The summed E-state index contributed by atoms with van der Waals surface area (Å²) in [6.45, 7) is 2.11. The van der Waals surface area contributed by atoms with Gasteiger partial charge < -0.3 is 10.4 Å². The normalized spacial score (nSPS) is 12.2. The molecule has 0 bridgehead atoms. The molecule has 1 aromatic rings. The minimum atomic E-state index is 0.0141. The highest BCUT2D eigenvalue weighted by Crippen LogP contribution is 2.21. The highest BCUT2D eigenvalue weighted by atomic mass is 79.9. The molecule has 1 rings (SSSR count). The maximum atomic E-state index is 11.7. The van der Waals surface area contributed by atoms with Crippen molar-refractivity contribution < 1.29 is 9.90 Å². The van der Waals surface area contributed by atoms with E-state index in [1.807, 2.05) is 31.2 Å². The third-order valence-corrected chi connectivity index (χ3v) is 3.99. The van der Waals surface area contributed by atoms with Gasteiger partial charge in [-0.05, 0) is 31.0 Å². The van der Waals surface area contributed by atoms with Gasteiger partial charge in [0.05, 0.1) is 5.75 Å². The molecule has 0 fully saturated rings. The van der Waals surface area contributed by atoms with Gasteiger partial charge in [-0.25, -0.2) is 0 Å². The predicted molar refractivity (Wildman–Crippen MR) is 78.8 cm³/mol. The molecule has 1 amide bonds. The number of thioether (sulfide) groups is 1. The highest BCUT2D eigenvalue weighted by Gasteiger charge is 2.10. The Morgan fingerprint density at radius 1 is 1.56 bits per heavy atom. The smallest absolute Gasteiger partial charge is 0.230 e. The largest absolute Gasteiger partial charge is 0.396 e. The Morgan fingerprint density at radius 3 is 2.94 bits per heavy atom. The van der Waals surface area contributed by atoms with E-state index < -0.39 is 0 Å². The van der Waals surface area contributed by atoms with Gasteiger partial charge in [-0.2, -0.15) is 0 Å². The molecule has 5 heteroatoms. The van der Waals surface area contributed by atoms with Crippen molar-refractivity contribution in [2.45, 2.75) is 30.7 Å². The number of hydrogen-bond acceptors (Lipinski definition) is 3. The lowest BCUT2D eigenvalue weighted by Crippen LogP contribution is -2.36. The first kappa shape index (κ1) is 15.5. The lowest BCUT2D eigenvalue weighted by molar-refractivity contribution is -0.119. The molecule has 18 heavy (non-hydrogen) atoms. The van der Waals surface area contributed by atoms with Crippen LogP contribution in [0.5, 0.6) is 0 Å². The van der Waals surface area contributed by atoms with E-state index in [1.165, 1.54) is 11.8 Å². The van der Waals surface area contributed by atoms with Crippen molar-refractivity contribution in [3.63, 3.8) is 0 Å². The number of halogens is 1. The molecule has 100 valence electrons. The molecule has 2 N–H and O–H groups in total. The van der Waals surface area contributed by atoms with E-state index in [2.05, 4.69) is 21.2 Å². The van der Waals surface area contributed by atoms with Gasteiger partial charge in [0.25, 0.3) is 0 Å². The molecular weight excluding hydrogens is 314 g/mol. The SMILES string of the molecule is CCC(CCO)NC(=O)CSc1cccc(Br)c1. The zero-order chi connectivity index (χ0) is 13.4. The van der Waals surface area contributed by atoms with Crippen LogP contribution >= 0.6 is 27.7 Å². The van der Waals surface area contributed by atoms with Crippen LogP contribution in [0.25, 0.3) is 0 Å². The molecule has 0 saturated carbocycles. The Kier molecular flexibility index (Phi) is 7.39. The molecule has 0 aromatic heterocycles. The van der Waals surface area contributed by atoms with Crippen LogP contribution in [0.4, 0.5) is 0 Å². The second kappa shape index (κ2) is 8.56. The first-order valence-corrected chi connectivity index (χ1v) is 7.72. The molecule has 1 atom stereocenters. The van der Waals surface area contributed by atoms with Gasteiger partial charge in [-0.1, -0.05) is 28.9 Å². The first-order chi connectivity index (χ1) is 8.65. The zero-order valence-electron chi connectivity index (χ0n) is 10.4. The van der Waals surface area contributed by atoms with E-state index >= 15 is 0 Å². The van der Waals surface area contributed by atoms with Crippen LogP contribution < -0.4 is 5.32 Å². The van der Waals surface area contributed by atoms with Crippen molar-refractivity contribution in [1.29, 1.82) is 0 Å². The third-order valence-electron chi connectivity index (χ3n) is 2.50. The molecule has 0 aliphatic carbocycles. The van der Waals surface area contributed by atoms with Gasteiger partial charge in [0.2, 0.25) is 5.91 Å². The van der Waals surface area contributed by atoms with E-state index in [0.29, 0.717) is 12.2 Å². The maximum absolute atomic E-state index is 11.7. The Bertz CT molecular complexity index is 387. The van der Waals surface area contributed by atoms with Gasteiger partial charge in [0, 0.05) is 22.0 Å². The number of carbonyl (C=O) groups is 1. The zero-order valence-corrected chi connectivity index (χ0v) is 12.8. The molecule has 0 heterocycles. The number of amides is 1. The molecule has 3 nitrogen and oxygen atoms in total. The second-order valence-electron chi connectivity index (χ2n) is 3.93. The summed E-state index contributed by atoms with van der Waals surface area (Å²) in [5.74, 6) is 0.415. The second-order valence-corrected chi connectivity index (χ2v) is 5.90. The molecule has 0 spiro atoms. The number of carbonyl (C=O) groups excluding carboxylic acids is 1. The van der Waals surface area contributed by atoms with Crippen LogP contribution in [0, 0.1) is 0 Å². The van der Waals surface area contributed by atoms with Crippen molar-refractivity contribution in [3.05, 3.63) is 28.7 Å². The quantitative estimate of drug-likeness (QED) is 0.755. The highest BCUT2D eigenvalue weighted by molar-refractivity contribution is 9.10. The average molecular weight is 332 g/mol. The van der Waals surface area contributed by atoms with Gasteiger partial charge in [0.15, 0.2) is 0 Å². The summed E-state index contributed by atoms with van der Waals surface area (Å²) in [5.41, 5.74) is 0. The fourth-order valence-corrected chi connectivity index (χ4v) is 2.83. The van der Waals surface area contributed by atoms with Crippen molar-refractivity contribution in [2.75, 3.05) is 12.4 Å². The summed E-state index contributed by atoms with van der Waals surface area (Å²) < 4.78 is 1.01. The monoisotopic (exact) mass is 331 g/mol. The van der Waals surface area contributed by atoms with E-state index in [-0.39, 0.29) is 18.6 Å². The van der Waals surface area contributed by atoms with Crippen molar-refractivity contribution >= 4 is 33.6 Å². The van der Waals surface area contributed by atoms with E-state index in [1.54, 1.807) is 0 Å². The van der Waals surface area contributed by atoms with Gasteiger partial charge in [-0.3, -0.25) is 4.79 Å². The Morgan fingerprint density at radius 2 is 2.33 bits per heavy atom. The van der Waals surface area contributed by atoms with Crippen molar-refractivity contribution in [2.24, 2.45) is 0 Å². The Balaban J connectivity index is 2.36. The van der Waals surface area contributed by atoms with Crippen LogP contribution in [0.3, 0.4) is 0 Å². The Labute approximate surface area is 120 Å². The summed E-state index contributed by atoms with van der Waals surface area (Å²) in [6.07, 6.45) is 1.46. The van der Waals surface area contributed by atoms with E-state index in [0.717, 1.165) is 15.8 Å². The summed E-state index contributed by atoms with van der Waals surface area (Å²) in [4.78, 5) is 12.8. The first-order valence-electron chi connectivity index (χ1n) is 5.94. The van der Waals surface area contributed by atoms with Crippen LogP contribution in [-0.2, 0) is 4.79 Å². The lowest BCUT2D eigenvalue weighted by Gasteiger charge is -2.15. The lowest BCUT2D eigenvalue weighted by atomic mass is 10.1. The fraction of sp³-hybridized carbons (Fsp3) is 0.462. The van der Waals surface area contributed by atoms with Crippen LogP contribution in [0.15, 0.2) is 33.6 Å². The predicted octanol–water partition coefficient (Wildman–Crippen LogP) is 2.82. The number of aliphatic hydroxyl groups excluding tert-OH is 1. The summed E-state index contributed by atoms with van der Waals surface area (Å²) in [5, 5.41) is 11.8. The molecular formula is C13H18BrNO2S. The number of rotatable bonds is 7. The van der Waals surface area contributed by atoms with Crippen LogP contribution in [-0.4, -0.2) is 29.4 Å². The van der Waals surface area contributed by atoms with Gasteiger partial charge in [0.1, 0.15) is 0 Å². The molecule has 1 aromatic carbocycles. The summed E-state index contributed by atoms with van der Waals surface area (Å²) in [6, 6.07) is 7.95. The molecule has 0 radical (unpaired) electrons. The molecule has 0 saturated heterocycles. The Hall–Kier alpha value is -0.520. The summed E-state index contributed by atoms with van der Waals surface area (Å²) >= 11 is 4.91. The average Bonchev–Trinajstić information content (AvgIpc) is 2.36. The van der Waals surface area contributed by atoms with Gasteiger partial charge in [-0.15, -0.1) is 11.8 Å². The summed E-state index contributed by atoms with van der Waals surface area (Å²) in [7, 11) is 0. The standard InChI is InChI=1S/C13H18BrNO2S/c1-2-11(6-7-16)15-13(17)9-18-12-5-3-4-10(14)8-12/h3-5,8,11,16H,2,6-7,9H2,1H3,(H,15,17). The van der Waals surface area contributed by atoms with Crippen LogP contribution in [0.2, 0.25) is 0 Å². The van der Waals surface area contributed by atoms with Crippen molar-refractivity contribution in [3.8, 4) is 0 Å². The topological polar surface area (TPSA) is 49.3 Å². The molecule has 0 aliphatic rings. The molecule has 0 aliphatic heterocycles. The van der Waals surface area contributed by atoms with Crippen molar-refractivity contribution in [1.82, 2.24) is 5.32 Å². The van der Waals surface area contributed by atoms with Crippen LogP contribution in [0.1, 0.15) is 19.8 Å². The minimum absolute atomic E-state index is 0.0141.